The lowest BCUT2D eigenvalue weighted by atomic mass is 9.98. The van der Waals surface area contributed by atoms with Crippen LogP contribution in [0, 0.1) is 0 Å². The van der Waals surface area contributed by atoms with Crippen LogP contribution >= 0.6 is 0 Å². The van der Waals surface area contributed by atoms with Gasteiger partial charge in [0.25, 0.3) is 5.91 Å². The molecule has 0 aliphatic carbocycles. The Hall–Kier alpha value is -2.04. The number of hydrogen-bond acceptors (Lipinski definition) is 3. The minimum absolute atomic E-state index is 0.246. The Morgan fingerprint density at radius 2 is 1.82 bits per heavy atom. The Labute approximate surface area is 130 Å². The van der Waals surface area contributed by atoms with Gasteiger partial charge < -0.3 is 14.7 Å². The molecule has 1 unspecified atom stereocenters. The van der Waals surface area contributed by atoms with Crippen molar-refractivity contribution in [1.82, 2.24) is 4.90 Å². The highest BCUT2D eigenvalue weighted by atomic mass is 16.5. The zero-order valence-electron chi connectivity index (χ0n) is 13.5. The third kappa shape index (κ3) is 3.24. The lowest BCUT2D eigenvalue weighted by Crippen LogP contribution is -2.50. The van der Waals surface area contributed by atoms with Crippen LogP contribution in [0.4, 0.5) is 0 Å². The number of rotatable bonds is 3. The molecule has 0 radical (unpaired) electrons. The summed E-state index contributed by atoms with van der Waals surface area (Å²) in [6, 6.07) is 6.85. The van der Waals surface area contributed by atoms with Crippen LogP contribution in [0.3, 0.4) is 0 Å². The topological polar surface area (TPSA) is 66.8 Å². The molecule has 0 aromatic heterocycles. The normalized spacial score (nSPS) is 21.7. The second kappa shape index (κ2) is 5.63. The van der Waals surface area contributed by atoms with E-state index in [1.54, 1.807) is 31.2 Å². The summed E-state index contributed by atoms with van der Waals surface area (Å²) >= 11 is 0. The molecule has 5 nitrogen and oxygen atoms in total. The molecule has 1 aliphatic heterocycles. The molecule has 1 heterocycles. The van der Waals surface area contributed by atoms with E-state index in [2.05, 4.69) is 0 Å². The molecule has 1 N–H and O–H groups in total. The summed E-state index contributed by atoms with van der Waals surface area (Å²) in [5.74, 6) is -0.512. The Morgan fingerprint density at radius 1 is 1.23 bits per heavy atom. The average Bonchev–Trinajstić information content (AvgIpc) is 2.80. The van der Waals surface area contributed by atoms with E-state index in [0.29, 0.717) is 30.7 Å². The molecule has 1 aromatic carbocycles. The number of benzene rings is 1. The quantitative estimate of drug-likeness (QED) is 0.932. The lowest BCUT2D eigenvalue weighted by Gasteiger charge is -2.31. The van der Waals surface area contributed by atoms with Crippen LogP contribution in [0.15, 0.2) is 24.3 Å². The molecule has 0 bridgehead atoms. The first-order valence-corrected chi connectivity index (χ1v) is 7.48. The number of carboxylic acids is 1. The van der Waals surface area contributed by atoms with E-state index in [-0.39, 0.29) is 11.5 Å². The van der Waals surface area contributed by atoms with Crippen LogP contribution in [0.2, 0.25) is 0 Å². The predicted molar refractivity (Wildman–Crippen MR) is 83.1 cm³/mol. The van der Waals surface area contributed by atoms with Gasteiger partial charge in [0.15, 0.2) is 0 Å². The monoisotopic (exact) mass is 305 g/mol. The highest BCUT2D eigenvalue weighted by Gasteiger charge is 2.46. The van der Waals surface area contributed by atoms with Crippen molar-refractivity contribution in [3.8, 4) is 5.75 Å². The standard InChI is InChI=1S/C17H23NO4/c1-16(2,3)22-13-8-6-12(7-9-13)14(19)18-11-5-10-17(18,4)15(20)21/h6-9H,5,10-11H2,1-4H3,(H,20,21). The van der Waals surface area contributed by atoms with Crippen molar-refractivity contribution in [1.29, 1.82) is 0 Å². The van der Waals surface area contributed by atoms with Gasteiger partial charge in [-0.3, -0.25) is 4.79 Å². The SMILES string of the molecule is CC(C)(C)Oc1ccc(C(=O)N2CCCC2(C)C(=O)O)cc1. The van der Waals surface area contributed by atoms with Crippen molar-refractivity contribution in [2.24, 2.45) is 0 Å². The fraction of sp³-hybridized carbons (Fsp3) is 0.529. The minimum Gasteiger partial charge on any atom is -0.488 e. The van der Waals surface area contributed by atoms with Crippen LogP contribution in [0.5, 0.6) is 5.75 Å². The largest absolute Gasteiger partial charge is 0.488 e. The van der Waals surface area contributed by atoms with E-state index in [1.807, 2.05) is 20.8 Å². The number of carbonyl (C=O) groups is 2. The second-order valence-electron chi connectivity index (χ2n) is 6.88. The lowest BCUT2D eigenvalue weighted by molar-refractivity contribution is -0.147. The number of aliphatic carboxylic acids is 1. The van der Waals surface area contributed by atoms with Crippen LogP contribution in [0.1, 0.15) is 50.9 Å². The van der Waals surface area contributed by atoms with Crippen LogP contribution in [-0.2, 0) is 4.79 Å². The third-order valence-electron chi connectivity index (χ3n) is 3.87. The number of amides is 1. The molecular weight excluding hydrogens is 282 g/mol. The van der Waals surface area contributed by atoms with Crippen molar-refractivity contribution < 1.29 is 19.4 Å². The summed E-state index contributed by atoms with van der Waals surface area (Å²) in [6.07, 6.45) is 1.19. The molecule has 1 aliphatic rings. The van der Waals surface area contributed by atoms with Crippen LogP contribution in [-0.4, -0.2) is 39.6 Å². The van der Waals surface area contributed by atoms with Gasteiger partial charge in [0.05, 0.1) is 0 Å². The van der Waals surface area contributed by atoms with Gasteiger partial charge in [0.1, 0.15) is 16.9 Å². The van der Waals surface area contributed by atoms with Gasteiger partial charge in [-0.05, 0) is 64.8 Å². The van der Waals surface area contributed by atoms with Crippen molar-refractivity contribution in [2.75, 3.05) is 6.54 Å². The highest BCUT2D eigenvalue weighted by Crippen LogP contribution is 2.31. The Kier molecular flexibility index (Phi) is 4.18. The fourth-order valence-corrected chi connectivity index (χ4v) is 2.69. The van der Waals surface area contributed by atoms with Gasteiger partial charge in [-0.15, -0.1) is 0 Å². The summed E-state index contributed by atoms with van der Waals surface area (Å²) in [6.45, 7) is 7.94. The van der Waals surface area contributed by atoms with Gasteiger partial charge in [-0.25, -0.2) is 4.79 Å². The van der Waals surface area contributed by atoms with Gasteiger partial charge >= 0.3 is 5.97 Å². The maximum Gasteiger partial charge on any atom is 0.329 e. The van der Waals surface area contributed by atoms with E-state index in [1.165, 1.54) is 4.90 Å². The molecule has 1 fully saturated rings. The van der Waals surface area contributed by atoms with Gasteiger partial charge in [-0.2, -0.15) is 0 Å². The molecule has 1 amide bonds. The second-order valence-corrected chi connectivity index (χ2v) is 6.88. The number of likely N-dealkylation sites (tertiary alicyclic amines) is 1. The first-order chi connectivity index (χ1) is 10.1. The van der Waals surface area contributed by atoms with Crippen molar-refractivity contribution in [3.05, 3.63) is 29.8 Å². The summed E-state index contributed by atoms with van der Waals surface area (Å²) < 4.78 is 5.72. The molecule has 0 spiro atoms. The van der Waals surface area contributed by atoms with E-state index in [4.69, 9.17) is 4.74 Å². The molecule has 1 aromatic rings. The summed E-state index contributed by atoms with van der Waals surface area (Å²) in [5, 5.41) is 9.40. The Morgan fingerprint density at radius 3 is 2.32 bits per heavy atom. The third-order valence-corrected chi connectivity index (χ3v) is 3.87. The van der Waals surface area contributed by atoms with Crippen molar-refractivity contribution in [3.63, 3.8) is 0 Å². The van der Waals surface area contributed by atoms with E-state index < -0.39 is 11.5 Å². The first-order valence-electron chi connectivity index (χ1n) is 7.48. The van der Waals surface area contributed by atoms with E-state index in [9.17, 15) is 14.7 Å². The Balaban J connectivity index is 2.18. The number of carbonyl (C=O) groups excluding carboxylic acids is 1. The van der Waals surface area contributed by atoms with E-state index in [0.717, 1.165) is 0 Å². The zero-order valence-corrected chi connectivity index (χ0v) is 13.5. The summed E-state index contributed by atoms with van der Waals surface area (Å²) in [4.78, 5) is 25.5. The maximum absolute atomic E-state index is 12.6. The van der Waals surface area contributed by atoms with E-state index >= 15 is 0 Å². The summed E-state index contributed by atoms with van der Waals surface area (Å²) in [5.41, 5.74) is -0.935. The van der Waals surface area contributed by atoms with Crippen LogP contribution < -0.4 is 4.74 Å². The van der Waals surface area contributed by atoms with Gasteiger partial charge in [-0.1, -0.05) is 0 Å². The zero-order chi connectivity index (χ0) is 16.5. The molecule has 120 valence electrons. The summed E-state index contributed by atoms with van der Waals surface area (Å²) in [7, 11) is 0. The minimum atomic E-state index is -1.11. The highest BCUT2D eigenvalue weighted by molar-refractivity contribution is 5.98. The molecule has 1 atom stereocenters. The van der Waals surface area contributed by atoms with Crippen LogP contribution in [0.25, 0.3) is 0 Å². The molecular formula is C17H23NO4. The predicted octanol–water partition coefficient (Wildman–Crippen LogP) is 2.94. The first kappa shape index (κ1) is 16.3. The smallest absolute Gasteiger partial charge is 0.329 e. The van der Waals surface area contributed by atoms with Gasteiger partial charge in [0, 0.05) is 12.1 Å². The maximum atomic E-state index is 12.6. The molecule has 1 saturated heterocycles. The number of carboxylic acid groups (broad SMARTS) is 1. The molecule has 5 heteroatoms. The van der Waals surface area contributed by atoms with Crippen molar-refractivity contribution in [2.45, 2.75) is 51.7 Å². The molecule has 2 rings (SSSR count). The average molecular weight is 305 g/mol. The Bertz CT molecular complexity index is 573. The fourth-order valence-electron chi connectivity index (χ4n) is 2.69. The van der Waals surface area contributed by atoms with Crippen molar-refractivity contribution >= 4 is 11.9 Å². The number of ether oxygens (including phenoxy) is 1. The number of hydrogen-bond donors (Lipinski definition) is 1. The molecule has 22 heavy (non-hydrogen) atoms. The number of nitrogens with zero attached hydrogens (tertiary/aromatic N) is 1. The molecule has 0 saturated carbocycles. The van der Waals surface area contributed by atoms with Gasteiger partial charge in [0.2, 0.25) is 0 Å².